The molecule has 28 heavy (non-hydrogen) atoms. The number of aliphatic imine (C=N–C) groups is 1. The zero-order valence-electron chi connectivity index (χ0n) is 15.8. The topological polar surface area (TPSA) is 67.8 Å². The quantitative estimate of drug-likeness (QED) is 0.309. The first-order valence-corrected chi connectivity index (χ1v) is 8.66. The van der Waals surface area contributed by atoms with E-state index in [2.05, 4.69) is 25.3 Å². The summed E-state index contributed by atoms with van der Waals surface area (Å²) < 4.78 is 34.9. The van der Waals surface area contributed by atoms with Crippen molar-refractivity contribution >= 4 is 29.9 Å². The van der Waals surface area contributed by atoms with E-state index in [1.165, 1.54) is 13.2 Å². The van der Waals surface area contributed by atoms with E-state index < -0.39 is 6.61 Å². The molecule has 6 nitrogen and oxygen atoms in total. The number of rotatable bonds is 9. The van der Waals surface area contributed by atoms with Crippen molar-refractivity contribution in [3.63, 3.8) is 0 Å². The molecule has 2 rings (SSSR count). The van der Waals surface area contributed by atoms with Crippen molar-refractivity contribution in [2.45, 2.75) is 26.5 Å². The van der Waals surface area contributed by atoms with Crippen LogP contribution < -0.4 is 20.1 Å². The number of benzene rings is 1. The minimum Gasteiger partial charge on any atom is -0.497 e. The van der Waals surface area contributed by atoms with Gasteiger partial charge < -0.3 is 20.1 Å². The number of aromatic nitrogens is 1. The van der Waals surface area contributed by atoms with E-state index >= 15 is 0 Å². The second-order valence-electron chi connectivity index (χ2n) is 5.55. The molecule has 0 unspecified atom stereocenters. The Morgan fingerprint density at radius 2 is 2.04 bits per heavy atom. The third-order valence-electron chi connectivity index (χ3n) is 3.64. The molecule has 0 radical (unpaired) electrons. The molecule has 154 valence electrons. The van der Waals surface area contributed by atoms with Crippen LogP contribution in [0.3, 0.4) is 0 Å². The summed E-state index contributed by atoms with van der Waals surface area (Å²) in [7, 11) is 1.51. The molecule has 0 saturated heterocycles. The normalized spacial score (nSPS) is 11.0. The van der Waals surface area contributed by atoms with Crippen LogP contribution in [0.1, 0.15) is 18.2 Å². The first kappa shape index (κ1) is 23.9. The molecule has 0 aliphatic heterocycles. The number of nitrogens with zero attached hydrogens (tertiary/aromatic N) is 2. The zero-order chi connectivity index (χ0) is 19.5. The van der Waals surface area contributed by atoms with E-state index in [4.69, 9.17) is 4.74 Å². The van der Waals surface area contributed by atoms with Crippen LogP contribution in [0.5, 0.6) is 11.5 Å². The molecule has 0 aliphatic rings. The van der Waals surface area contributed by atoms with Gasteiger partial charge in [0.1, 0.15) is 11.5 Å². The molecule has 0 bridgehead atoms. The zero-order valence-corrected chi connectivity index (χ0v) is 18.2. The van der Waals surface area contributed by atoms with E-state index in [1.807, 2.05) is 25.1 Å². The molecule has 0 spiro atoms. The molecule has 0 amide bonds. The lowest BCUT2D eigenvalue weighted by molar-refractivity contribution is -0.0504. The van der Waals surface area contributed by atoms with Gasteiger partial charge in [-0.2, -0.15) is 8.78 Å². The Balaban J connectivity index is 0.00000392. The van der Waals surface area contributed by atoms with Crippen LogP contribution in [-0.2, 0) is 13.0 Å². The smallest absolute Gasteiger partial charge is 0.387 e. The molecule has 0 aliphatic carbocycles. The lowest BCUT2D eigenvalue weighted by Crippen LogP contribution is -2.38. The van der Waals surface area contributed by atoms with Crippen LogP contribution in [0.15, 0.2) is 47.6 Å². The van der Waals surface area contributed by atoms with Gasteiger partial charge in [0.15, 0.2) is 5.96 Å². The van der Waals surface area contributed by atoms with Crippen molar-refractivity contribution in [3.8, 4) is 11.5 Å². The van der Waals surface area contributed by atoms with E-state index in [-0.39, 0.29) is 36.3 Å². The fourth-order valence-corrected chi connectivity index (χ4v) is 2.38. The number of pyridine rings is 1. The summed E-state index contributed by atoms with van der Waals surface area (Å²) in [4.78, 5) is 8.72. The predicted octanol–water partition coefficient (Wildman–Crippen LogP) is 3.61. The largest absolute Gasteiger partial charge is 0.497 e. The molecule has 1 aromatic heterocycles. The molecule has 2 aromatic rings. The number of guanidine groups is 1. The maximum Gasteiger partial charge on any atom is 0.387 e. The molecule has 2 N–H and O–H groups in total. The highest BCUT2D eigenvalue weighted by molar-refractivity contribution is 14.0. The average molecular weight is 506 g/mol. The van der Waals surface area contributed by atoms with Crippen molar-refractivity contribution in [2.75, 3.05) is 20.2 Å². The van der Waals surface area contributed by atoms with Crippen molar-refractivity contribution in [2.24, 2.45) is 4.99 Å². The number of methoxy groups -OCH3 is 1. The minimum absolute atomic E-state index is 0. The van der Waals surface area contributed by atoms with Crippen molar-refractivity contribution < 1.29 is 18.3 Å². The number of alkyl halides is 2. The Morgan fingerprint density at radius 1 is 1.21 bits per heavy atom. The lowest BCUT2D eigenvalue weighted by atomic mass is 10.2. The van der Waals surface area contributed by atoms with Crippen LogP contribution in [0.2, 0.25) is 0 Å². The molecule has 9 heteroatoms. The van der Waals surface area contributed by atoms with Crippen LogP contribution in [-0.4, -0.2) is 37.8 Å². The summed E-state index contributed by atoms with van der Waals surface area (Å²) in [5.41, 5.74) is 1.48. The van der Waals surface area contributed by atoms with E-state index in [0.29, 0.717) is 30.4 Å². The van der Waals surface area contributed by atoms with Gasteiger partial charge in [-0.1, -0.05) is 6.07 Å². The number of halogens is 3. The average Bonchev–Trinajstić information content (AvgIpc) is 2.67. The Hall–Kier alpha value is -2.17. The van der Waals surface area contributed by atoms with Crippen molar-refractivity contribution in [3.05, 3.63) is 53.9 Å². The second kappa shape index (κ2) is 13.1. The molecule has 0 fully saturated rings. The maximum absolute atomic E-state index is 12.6. The molecule has 0 saturated carbocycles. The highest BCUT2D eigenvalue weighted by Crippen LogP contribution is 2.26. The lowest BCUT2D eigenvalue weighted by Gasteiger charge is -2.13. The summed E-state index contributed by atoms with van der Waals surface area (Å²) in [5, 5.41) is 6.33. The standard InChI is InChI=1S/C19H24F2N4O2.HI/c1-3-22-19(24-11-9-15-6-4-5-10-23-15)25-13-14-12-16(26-2)7-8-17(14)27-18(20)21;/h4-8,10,12,18H,3,9,11,13H2,1-2H3,(H2,22,24,25);1H. The van der Waals surface area contributed by atoms with Crippen LogP contribution >= 0.6 is 24.0 Å². The molecule has 1 heterocycles. The number of nitrogens with one attached hydrogen (secondary N) is 2. The fourth-order valence-electron chi connectivity index (χ4n) is 2.38. The monoisotopic (exact) mass is 506 g/mol. The first-order chi connectivity index (χ1) is 13.1. The predicted molar refractivity (Wildman–Crippen MR) is 116 cm³/mol. The summed E-state index contributed by atoms with van der Waals surface area (Å²) in [6.07, 6.45) is 2.49. The van der Waals surface area contributed by atoms with Gasteiger partial charge in [0.25, 0.3) is 0 Å². The van der Waals surface area contributed by atoms with Gasteiger partial charge >= 0.3 is 6.61 Å². The third-order valence-corrected chi connectivity index (χ3v) is 3.64. The second-order valence-corrected chi connectivity index (χ2v) is 5.55. The maximum atomic E-state index is 12.6. The van der Waals surface area contributed by atoms with Gasteiger partial charge in [-0.05, 0) is 37.3 Å². The molecular weight excluding hydrogens is 481 g/mol. The molecule has 1 aromatic carbocycles. The highest BCUT2D eigenvalue weighted by atomic mass is 127. The van der Waals surface area contributed by atoms with E-state index in [9.17, 15) is 8.78 Å². The minimum atomic E-state index is -2.90. The summed E-state index contributed by atoms with van der Waals surface area (Å²) in [6, 6.07) is 10.4. The van der Waals surface area contributed by atoms with E-state index in [1.54, 1.807) is 18.3 Å². The fraction of sp³-hybridized carbons (Fsp3) is 0.368. The SMILES string of the molecule is CCNC(=NCc1cc(OC)ccc1OC(F)F)NCCc1ccccn1.I. The van der Waals surface area contributed by atoms with Crippen molar-refractivity contribution in [1.82, 2.24) is 15.6 Å². The molecular formula is C19H25F2IN4O2. The van der Waals surface area contributed by atoms with Gasteiger partial charge in [-0.3, -0.25) is 4.98 Å². The summed E-state index contributed by atoms with van der Waals surface area (Å²) in [5.74, 6) is 1.22. The van der Waals surface area contributed by atoms with Crippen molar-refractivity contribution in [1.29, 1.82) is 0 Å². The van der Waals surface area contributed by atoms with Gasteiger partial charge in [-0.25, -0.2) is 4.99 Å². The van der Waals surface area contributed by atoms with Gasteiger partial charge in [0.05, 0.1) is 13.7 Å². The number of hydrogen-bond donors (Lipinski definition) is 2. The van der Waals surface area contributed by atoms with Crippen LogP contribution in [0.4, 0.5) is 8.78 Å². The summed E-state index contributed by atoms with van der Waals surface area (Å²) in [6.45, 7) is 0.533. The van der Waals surface area contributed by atoms with Crippen LogP contribution in [0, 0.1) is 0 Å². The number of hydrogen-bond acceptors (Lipinski definition) is 4. The van der Waals surface area contributed by atoms with Crippen LogP contribution in [0.25, 0.3) is 0 Å². The van der Waals surface area contributed by atoms with E-state index in [0.717, 1.165) is 12.1 Å². The highest BCUT2D eigenvalue weighted by Gasteiger charge is 2.11. The van der Waals surface area contributed by atoms with Gasteiger partial charge in [0.2, 0.25) is 0 Å². The third kappa shape index (κ3) is 8.24. The Morgan fingerprint density at radius 3 is 2.68 bits per heavy atom. The Labute approximate surface area is 180 Å². The Kier molecular flexibility index (Phi) is 11.2. The first-order valence-electron chi connectivity index (χ1n) is 8.66. The number of ether oxygens (including phenoxy) is 2. The van der Waals surface area contributed by atoms with Gasteiger partial charge in [0, 0.05) is 37.0 Å². The molecule has 0 atom stereocenters. The van der Waals surface area contributed by atoms with Gasteiger partial charge in [-0.15, -0.1) is 24.0 Å². The summed E-state index contributed by atoms with van der Waals surface area (Å²) >= 11 is 0. The Bertz CT molecular complexity index is 733.